The first-order chi connectivity index (χ1) is 12.1. The lowest BCUT2D eigenvalue weighted by atomic mass is 9.75. The molecule has 25 heavy (non-hydrogen) atoms. The third-order valence-corrected chi connectivity index (χ3v) is 6.03. The van der Waals surface area contributed by atoms with Crippen LogP contribution in [0.3, 0.4) is 0 Å². The van der Waals surface area contributed by atoms with Gasteiger partial charge in [0.25, 0.3) is 0 Å². The van der Waals surface area contributed by atoms with Crippen LogP contribution >= 0.6 is 0 Å². The fraction of sp³-hybridized carbons (Fsp3) is 0.667. The van der Waals surface area contributed by atoms with Gasteiger partial charge in [-0.3, -0.25) is 9.78 Å². The number of hydrogen-bond acceptors (Lipinski definition) is 5. The predicted molar refractivity (Wildman–Crippen MR) is 95.2 cm³/mol. The van der Waals surface area contributed by atoms with E-state index in [2.05, 4.69) is 38.7 Å². The Balaban J connectivity index is 1.40. The topological polar surface area (TPSA) is 66.6 Å². The number of nitrogens with zero attached hydrogens (tertiary/aromatic N) is 6. The van der Waals surface area contributed by atoms with E-state index in [-0.39, 0.29) is 5.92 Å². The highest BCUT2D eigenvalue weighted by Gasteiger charge is 2.33. The Morgan fingerprint density at radius 1 is 1.08 bits per heavy atom. The van der Waals surface area contributed by atoms with E-state index in [9.17, 15) is 4.79 Å². The average Bonchev–Trinajstić information content (AvgIpc) is 3.12. The molecule has 0 radical (unpaired) electrons. The van der Waals surface area contributed by atoms with E-state index in [1.54, 1.807) is 12.5 Å². The van der Waals surface area contributed by atoms with Crippen molar-refractivity contribution in [1.82, 2.24) is 24.5 Å². The fourth-order valence-corrected chi connectivity index (χ4v) is 4.14. The van der Waals surface area contributed by atoms with Crippen molar-refractivity contribution in [2.24, 2.45) is 17.8 Å². The van der Waals surface area contributed by atoms with Crippen molar-refractivity contribution < 1.29 is 4.79 Å². The summed E-state index contributed by atoms with van der Waals surface area (Å²) < 4.78 is 1.81. The average molecular weight is 342 g/mol. The van der Waals surface area contributed by atoms with E-state index in [0.29, 0.717) is 11.8 Å². The van der Waals surface area contributed by atoms with Gasteiger partial charge in [-0.2, -0.15) is 9.61 Å². The Morgan fingerprint density at radius 2 is 1.88 bits per heavy atom. The van der Waals surface area contributed by atoms with Crippen LogP contribution in [0.5, 0.6) is 0 Å². The lowest BCUT2D eigenvalue weighted by Gasteiger charge is -2.39. The molecule has 0 aromatic carbocycles. The molecule has 2 aliphatic rings. The number of piperazine rings is 1. The first kappa shape index (κ1) is 16.3. The third kappa shape index (κ3) is 3.07. The molecule has 134 valence electrons. The molecule has 3 heterocycles. The van der Waals surface area contributed by atoms with Crippen molar-refractivity contribution in [3.63, 3.8) is 0 Å². The zero-order valence-electron chi connectivity index (χ0n) is 15.0. The summed E-state index contributed by atoms with van der Waals surface area (Å²) in [6, 6.07) is 0. The molecule has 2 aromatic heterocycles. The maximum atomic E-state index is 12.9. The second-order valence-electron chi connectivity index (χ2n) is 7.57. The van der Waals surface area contributed by atoms with Gasteiger partial charge in [0.05, 0.1) is 12.4 Å². The Morgan fingerprint density at radius 3 is 2.64 bits per heavy atom. The highest BCUT2D eigenvalue weighted by atomic mass is 16.2. The number of rotatable bonds is 2. The van der Waals surface area contributed by atoms with E-state index in [4.69, 9.17) is 0 Å². The SMILES string of the molecule is CC1CCC(C(=O)N2CCN(c3cncc4ncnn34)CC2)CC1C. The van der Waals surface area contributed by atoms with Crippen molar-refractivity contribution in [2.75, 3.05) is 31.1 Å². The Bertz CT molecular complexity index is 751. The first-order valence-electron chi connectivity index (χ1n) is 9.31. The van der Waals surface area contributed by atoms with Gasteiger partial charge in [0.15, 0.2) is 11.5 Å². The highest BCUT2D eigenvalue weighted by Crippen LogP contribution is 2.34. The summed E-state index contributed by atoms with van der Waals surface area (Å²) in [5.74, 6) is 2.92. The minimum Gasteiger partial charge on any atom is -0.352 e. The highest BCUT2D eigenvalue weighted by molar-refractivity contribution is 5.79. The van der Waals surface area contributed by atoms with E-state index in [0.717, 1.165) is 56.4 Å². The van der Waals surface area contributed by atoms with Crippen molar-refractivity contribution in [1.29, 1.82) is 0 Å². The van der Waals surface area contributed by atoms with E-state index < -0.39 is 0 Å². The smallest absolute Gasteiger partial charge is 0.225 e. The van der Waals surface area contributed by atoms with Crippen LogP contribution in [0.15, 0.2) is 18.7 Å². The summed E-state index contributed by atoms with van der Waals surface area (Å²) in [7, 11) is 0. The molecule has 0 N–H and O–H groups in total. The van der Waals surface area contributed by atoms with Gasteiger partial charge in [0.2, 0.25) is 5.91 Å². The zero-order valence-corrected chi connectivity index (χ0v) is 15.0. The molecule has 1 saturated heterocycles. The van der Waals surface area contributed by atoms with Crippen molar-refractivity contribution in [3.8, 4) is 0 Å². The zero-order chi connectivity index (χ0) is 17.4. The van der Waals surface area contributed by atoms with Gasteiger partial charge in [-0.1, -0.05) is 13.8 Å². The molecule has 2 fully saturated rings. The quantitative estimate of drug-likeness (QED) is 0.833. The largest absolute Gasteiger partial charge is 0.352 e. The molecule has 4 rings (SSSR count). The standard InChI is InChI=1S/C18H26N6O/c1-13-3-4-15(9-14(13)2)18(25)23-7-5-22(6-8-23)17-11-19-10-16-20-12-21-24(16)17/h10-15H,3-9H2,1-2H3. The molecule has 1 amide bonds. The molecule has 3 unspecified atom stereocenters. The first-order valence-corrected chi connectivity index (χ1v) is 9.31. The lowest BCUT2D eigenvalue weighted by Crippen LogP contribution is -2.51. The summed E-state index contributed by atoms with van der Waals surface area (Å²) in [6.45, 7) is 7.75. The lowest BCUT2D eigenvalue weighted by molar-refractivity contribution is -0.137. The van der Waals surface area contributed by atoms with Gasteiger partial charge in [0.1, 0.15) is 6.33 Å². The monoisotopic (exact) mass is 342 g/mol. The number of carbonyl (C=O) groups is 1. The van der Waals surface area contributed by atoms with Crippen molar-refractivity contribution >= 4 is 17.4 Å². The van der Waals surface area contributed by atoms with Crippen LogP contribution in [0, 0.1) is 17.8 Å². The molecule has 1 aliphatic carbocycles. The van der Waals surface area contributed by atoms with Crippen LogP contribution in [0.1, 0.15) is 33.1 Å². The van der Waals surface area contributed by atoms with Crippen LogP contribution in [0.2, 0.25) is 0 Å². The van der Waals surface area contributed by atoms with Gasteiger partial charge < -0.3 is 9.80 Å². The molecule has 0 spiro atoms. The number of aromatic nitrogens is 4. The Hall–Kier alpha value is -2.18. The number of carbonyl (C=O) groups excluding carboxylic acids is 1. The molecule has 3 atom stereocenters. The fourth-order valence-electron chi connectivity index (χ4n) is 4.14. The molecule has 1 saturated carbocycles. The van der Waals surface area contributed by atoms with Gasteiger partial charge in [0, 0.05) is 32.1 Å². The van der Waals surface area contributed by atoms with Gasteiger partial charge in [-0.25, -0.2) is 4.98 Å². The second-order valence-corrected chi connectivity index (χ2v) is 7.57. The van der Waals surface area contributed by atoms with Crippen LogP contribution < -0.4 is 4.90 Å². The summed E-state index contributed by atoms with van der Waals surface area (Å²) in [4.78, 5) is 25.6. The van der Waals surface area contributed by atoms with Gasteiger partial charge in [-0.15, -0.1) is 0 Å². The van der Waals surface area contributed by atoms with Crippen LogP contribution in [0.4, 0.5) is 5.82 Å². The van der Waals surface area contributed by atoms with Gasteiger partial charge in [-0.05, 0) is 31.1 Å². The maximum Gasteiger partial charge on any atom is 0.225 e. The predicted octanol–water partition coefficient (Wildman–Crippen LogP) is 1.85. The molecule has 0 bridgehead atoms. The van der Waals surface area contributed by atoms with Crippen molar-refractivity contribution in [3.05, 3.63) is 18.7 Å². The third-order valence-electron chi connectivity index (χ3n) is 6.03. The Kier molecular flexibility index (Phi) is 4.31. The second kappa shape index (κ2) is 6.61. The maximum absolute atomic E-state index is 12.9. The van der Waals surface area contributed by atoms with E-state index in [1.807, 2.05) is 10.7 Å². The molecule has 7 nitrogen and oxygen atoms in total. The minimum absolute atomic E-state index is 0.221. The summed E-state index contributed by atoms with van der Waals surface area (Å²) in [6.07, 6.45) is 8.35. The minimum atomic E-state index is 0.221. The molecule has 1 aliphatic heterocycles. The summed E-state index contributed by atoms with van der Waals surface area (Å²) >= 11 is 0. The van der Waals surface area contributed by atoms with Crippen LogP contribution in [0.25, 0.3) is 5.65 Å². The molecular weight excluding hydrogens is 316 g/mol. The van der Waals surface area contributed by atoms with Gasteiger partial charge >= 0.3 is 0 Å². The Labute approximate surface area is 148 Å². The number of fused-ring (bicyclic) bond motifs is 1. The van der Waals surface area contributed by atoms with E-state index >= 15 is 0 Å². The molecular formula is C18H26N6O. The normalized spacial score (nSPS) is 27.7. The number of hydrogen-bond donors (Lipinski definition) is 0. The van der Waals surface area contributed by atoms with Crippen LogP contribution in [-0.2, 0) is 4.79 Å². The van der Waals surface area contributed by atoms with Crippen LogP contribution in [-0.4, -0.2) is 56.6 Å². The summed E-state index contributed by atoms with van der Waals surface area (Å²) in [5, 5.41) is 4.28. The number of amides is 1. The summed E-state index contributed by atoms with van der Waals surface area (Å²) in [5.41, 5.74) is 0.751. The molecule has 2 aromatic rings. The van der Waals surface area contributed by atoms with Crippen molar-refractivity contribution in [2.45, 2.75) is 33.1 Å². The molecule has 7 heteroatoms. The van der Waals surface area contributed by atoms with E-state index in [1.165, 1.54) is 6.42 Å². The number of anilines is 1.